The van der Waals surface area contributed by atoms with Crippen molar-refractivity contribution in [1.29, 1.82) is 5.26 Å². The quantitative estimate of drug-likeness (QED) is 0.128. The molecule has 324 valence electrons. The second-order valence-corrected chi connectivity index (χ2v) is 18.7. The van der Waals surface area contributed by atoms with Gasteiger partial charge in [-0.25, -0.2) is 18.4 Å². The average Bonchev–Trinajstić information content (AvgIpc) is 3.48. The van der Waals surface area contributed by atoms with E-state index in [4.69, 9.17) is 14.1 Å². The van der Waals surface area contributed by atoms with Crippen LogP contribution in [0.2, 0.25) is 0 Å². The van der Waals surface area contributed by atoms with Gasteiger partial charge in [-0.1, -0.05) is 30.3 Å². The first-order chi connectivity index (χ1) is 29.7. The molecule has 1 saturated carbocycles. The third kappa shape index (κ3) is 8.21. The minimum Gasteiger partial charge on any atom is -0.480 e. The molecule has 2 aromatic heterocycles. The number of aliphatic hydroxyl groups excluding tert-OH is 1. The number of oxazole rings is 1. The van der Waals surface area contributed by atoms with Gasteiger partial charge in [0.15, 0.2) is 17.1 Å². The molecular formula is C44H45F3N8O6S. The molecule has 3 N–H and O–H groups in total. The summed E-state index contributed by atoms with van der Waals surface area (Å²) in [6.45, 7) is 4.29. The number of likely N-dealkylation sites (tertiary alicyclic amines) is 2. The van der Waals surface area contributed by atoms with Gasteiger partial charge in [-0.2, -0.15) is 23.4 Å². The topological polar surface area (TPSA) is 187 Å². The number of ether oxygens (including phenoxy) is 1. The highest BCUT2D eigenvalue weighted by atomic mass is 32.2. The van der Waals surface area contributed by atoms with Crippen LogP contribution in [0.25, 0.3) is 33.7 Å². The molecule has 3 aromatic carbocycles. The van der Waals surface area contributed by atoms with Crippen molar-refractivity contribution in [3.05, 3.63) is 87.7 Å². The van der Waals surface area contributed by atoms with Crippen molar-refractivity contribution < 1.29 is 40.6 Å². The Kier molecular flexibility index (Phi) is 10.9. The molecule has 0 radical (unpaired) electrons. The number of hydrogen-bond acceptors (Lipinski definition) is 13. The molecule has 14 nitrogen and oxygen atoms in total. The van der Waals surface area contributed by atoms with Crippen LogP contribution < -0.4 is 14.8 Å². The van der Waals surface area contributed by atoms with Crippen molar-refractivity contribution >= 4 is 32.8 Å². The summed E-state index contributed by atoms with van der Waals surface area (Å²) < 4.78 is 82.2. The van der Waals surface area contributed by atoms with E-state index in [9.17, 15) is 36.8 Å². The van der Waals surface area contributed by atoms with E-state index in [0.717, 1.165) is 33.4 Å². The average molecular weight is 871 g/mol. The minimum absolute atomic E-state index is 0.00961. The summed E-state index contributed by atoms with van der Waals surface area (Å²) >= 11 is 0. The Bertz CT molecular complexity index is 2730. The van der Waals surface area contributed by atoms with E-state index in [0.29, 0.717) is 99.4 Å². The number of aromatic nitrogens is 3. The molecule has 62 heavy (non-hydrogen) atoms. The molecular weight excluding hydrogens is 826 g/mol. The van der Waals surface area contributed by atoms with E-state index in [1.807, 2.05) is 54.3 Å². The van der Waals surface area contributed by atoms with Crippen molar-refractivity contribution in [3.63, 3.8) is 0 Å². The molecule has 0 unspecified atom stereocenters. The van der Waals surface area contributed by atoms with E-state index in [1.165, 1.54) is 7.11 Å². The first-order valence-corrected chi connectivity index (χ1v) is 22.3. The number of sulfonamides is 1. The van der Waals surface area contributed by atoms with Gasteiger partial charge in [0.05, 0.1) is 36.0 Å². The lowest BCUT2D eigenvalue weighted by atomic mass is 9.91. The number of aliphatic hydroxyl groups is 1. The normalized spacial score (nSPS) is 20.7. The van der Waals surface area contributed by atoms with E-state index in [2.05, 4.69) is 31.0 Å². The monoisotopic (exact) mass is 870 g/mol. The molecule has 1 amide bonds. The second kappa shape index (κ2) is 16.3. The molecule has 3 atom stereocenters. The Morgan fingerprint density at radius 3 is 2.45 bits per heavy atom. The minimum atomic E-state index is -4.79. The summed E-state index contributed by atoms with van der Waals surface area (Å²) in [6.07, 6.45) is -2.03. The van der Waals surface area contributed by atoms with Crippen LogP contribution in [0, 0.1) is 24.2 Å². The Hall–Kier alpha value is -5.61. The van der Waals surface area contributed by atoms with Crippen LogP contribution in [0.3, 0.4) is 0 Å². The van der Waals surface area contributed by atoms with Crippen LogP contribution in [0.15, 0.2) is 52.9 Å². The summed E-state index contributed by atoms with van der Waals surface area (Å²) in [6, 6.07) is 16.9. The predicted octanol–water partition coefficient (Wildman–Crippen LogP) is 6.26. The number of benzene rings is 3. The maximum Gasteiger partial charge on any atom is 0.437 e. The third-order valence-electron chi connectivity index (χ3n) is 12.4. The highest BCUT2D eigenvalue weighted by Gasteiger charge is 2.41. The highest BCUT2D eigenvalue weighted by molar-refractivity contribution is 7.90. The van der Waals surface area contributed by atoms with Gasteiger partial charge in [0.2, 0.25) is 27.7 Å². The summed E-state index contributed by atoms with van der Waals surface area (Å²) in [4.78, 5) is 29.8. The van der Waals surface area contributed by atoms with Gasteiger partial charge in [0, 0.05) is 38.3 Å². The van der Waals surface area contributed by atoms with E-state index < -0.39 is 56.9 Å². The molecule has 0 bridgehead atoms. The lowest BCUT2D eigenvalue weighted by Gasteiger charge is -2.22. The summed E-state index contributed by atoms with van der Waals surface area (Å²) in [5, 5.41) is 22.7. The number of anilines is 1. The zero-order valence-corrected chi connectivity index (χ0v) is 34.9. The SMILES string of the molecule is COc1nc(N[C@@H]2CCc3c(-c4cccc(-c5nc6cc(CN7CC[C@@H](C(=O)NS(=O)(=O)C8CC8)C7)cc(C#N)c6o5)c4C)cccc32)c(C(F)(F)F)nc1CN1CC[C@@H](O)C1. The van der Waals surface area contributed by atoms with E-state index >= 15 is 0 Å². The fraction of sp³-hybridized carbons (Fsp3) is 0.432. The Morgan fingerprint density at radius 1 is 0.984 bits per heavy atom. The predicted molar refractivity (Wildman–Crippen MR) is 222 cm³/mol. The molecule has 18 heteroatoms. The maximum absolute atomic E-state index is 14.5. The van der Waals surface area contributed by atoms with Crippen LogP contribution in [0.5, 0.6) is 5.88 Å². The number of amides is 1. The number of halogens is 3. The summed E-state index contributed by atoms with van der Waals surface area (Å²) in [5.41, 5.74) is 6.12. The van der Waals surface area contributed by atoms with Crippen LogP contribution in [-0.4, -0.2) is 88.8 Å². The summed E-state index contributed by atoms with van der Waals surface area (Å²) in [5.74, 6) is -1.03. The van der Waals surface area contributed by atoms with Gasteiger partial charge in [-0.15, -0.1) is 0 Å². The molecule has 0 spiro atoms. The smallest absolute Gasteiger partial charge is 0.437 e. The first kappa shape index (κ1) is 41.7. The van der Waals surface area contributed by atoms with Gasteiger partial charge in [-0.05, 0) is 104 Å². The number of β-amino-alcohol motifs (C(OH)–C–C–N with tert-alkyl or cyclic N) is 1. The Balaban J connectivity index is 0.954. The van der Waals surface area contributed by atoms with Crippen LogP contribution >= 0.6 is 0 Å². The molecule has 2 aliphatic carbocycles. The zero-order valence-electron chi connectivity index (χ0n) is 34.1. The van der Waals surface area contributed by atoms with Crippen molar-refractivity contribution in [3.8, 4) is 34.5 Å². The number of hydrogen-bond donors (Lipinski definition) is 3. The molecule has 4 aliphatic rings. The lowest BCUT2D eigenvalue weighted by molar-refractivity contribution is -0.141. The van der Waals surface area contributed by atoms with E-state index in [-0.39, 0.29) is 18.1 Å². The van der Waals surface area contributed by atoms with Crippen molar-refractivity contribution in [2.24, 2.45) is 5.92 Å². The van der Waals surface area contributed by atoms with Gasteiger partial charge in [-0.3, -0.25) is 19.3 Å². The number of carbonyl (C=O) groups excluding carboxylic acids is 1. The van der Waals surface area contributed by atoms with Crippen molar-refractivity contribution in [2.45, 2.75) is 82.1 Å². The van der Waals surface area contributed by atoms with Crippen LogP contribution in [-0.2, 0) is 40.5 Å². The molecule has 3 fully saturated rings. The molecule has 5 aromatic rings. The number of nitrogens with zero attached hydrogens (tertiary/aromatic N) is 6. The number of methoxy groups -OCH3 is 1. The van der Waals surface area contributed by atoms with Gasteiger partial charge in [0.25, 0.3) is 0 Å². The van der Waals surface area contributed by atoms with Gasteiger partial charge >= 0.3 is 6.18 Å². The Morgan fingerprint density at radius 2 is 1.73 bits per heavy atom. The van der Waals surface area contributed by atoms with Crippen LogP contribution in [0.4, 0.5) is 19.0 Å². The summed E-state index contributed by atoms with van der Waals surface area (Å²) in [7, 11) is -2.28. The van der Waals surface area contributed by atoms with E-state index in [1.54, 1.807) is 6.07 Å². The van der Waals surface area contributed by atoms with Crippen LogP contribution in [0.1, 0.15) is 77.4 Å². The largest absolute Gasteiger partial charge is 0.480 e. The third-order valence-corrected chi connectivity index (χ3v) is 14.2. The molecule has 4 heterocycles. The maximum atomic E-state index is 14.5. The zero-order chi connectivity index (χ0) is 43.5. The fourth-order valence-electron chi connectivity index (χ4n) is 9.08. The molecule has 9 rings (SSSR count). The number of alkyl halides is 3. The lowest BCUT2D eigenvalue weighted by Crippen LogP contribution is -2.38. The Labute approximate surface area is 356 Å². The number of nitrogens with one attached hydrogen (secondary N) is 2. The van der Waals surface area contributed by atoms with Crippen molar-refractivity contribution in [1.82, 2.24) is 29.5 Å². The standard InChI is InChI=1S/C44H45F3N8O6S/c1-24-30(32-7-4-8-34-33(32)11-12-35(34)50-40-39(44(45,46)47)49-37(43(52-40)60-2)23-55-16-14-28(56)22-55)5-3-6-31(24)42-51-36-18-25(17-27(19-48)38(36)61-42)20-54-15-13-26(21-54)41(57)53-62(58,59)29-9-10-29/h3-8,17-18,26,28-29,35,56H,9-16,20-23H2,1-2H3,(H,50,52)(H,53,57)/t26-,28-,35-/m1/s1. The second-order valence-electron chi connectivity index (χ2n) is 16.7. The highest BCUT2D eigenvalue weighted by Crippen LogP contribution is 2.44. The molecule has 2 saturated heterocycles. The number of rotatable bonds is 12. The van der Waals surface area contributed by atoms with Gasteiger partial charge < -0.3 is 19.6 Å². The first-order valence-electron chi connectivity index (χ1n) is 20.7. The fourth-order valence-corrected chi connectivity index (χ4v) is 10.5. The molecule has 2 aliphatic heterocycles. The van der Waals surface area contributed by atoms with Gasteiger partial charge in [0.1, 0.15) is 17.3 Å². The number of fused-ring (bicyclic) bond motifs is 2. The number of nitriles is 1. The van der Waals surface area contributed by atoms with Crippen molar-refractivity contribution in [2.75, 3.05) is 38.6 Å². The number of carbonyl (C=O) groups is 1.